The van der Waals surface area contributed by atoms with Crippen LogP contribution in [0.4, 0.5) is 13.2 Å². The maximum atomic E-state index is 12.2. The van der Waals surface area contributed by atoms with Crippen LogP contribution in [-0.2, 0) is 9.47 Å². The number of ether oxygens (including phenoxy) is 5. The Hall–Kier alpha value is -2.78. The summed E-state index contributed by atoms with van der Waals surface area (Å²) in [6.07, 6.45) is -3.81. The minimum atomic E-state index is -4.78. The molecule has 0 aromatic heterocycles. The Balaban J connectivity index is 1.45. The zero-order valence-corrected chi connectivity index (χ0v) is 16.2. The summed E-state index contributed by atoms with van der Waals surface area (Å²) in [5.41, 5.74) is 0.337. The molecule has 2 aromatic rings. The molecule has 0 N–H and O–H groups in total. The smallest absolute Gasteiger partial charge is 0.468 e. The van der Waals surface area contributed by atoms with E-state index in [-0.39, 0.29) is 23.5 Å². The number of rotatable bonds is 9. The number of hydrogen-bond acceptors (Lipinski definition) is 6. The number of benzene rings is 2. The summed E-state index contributed by atoms with van der Waals surface area (Å²) in [5.74, 6) is -0.443. The molecule has 0 unspecified atom stereocenters. The molecule has 9 heteroatoms. The lowest BCUT2D eigenvalue weighted by atomic mass is 9.84. The predicted octanol–water partition coefficient (Wildman–Crippen LogP) is 4.58. The van der Waals surface area contributed by atoms with Crippen molar-refractivity contribution in [2.45, 2.75) is 19.7 Å². The third-order valence-electron chi connectivity index (χ3n) is 4.64. The number of halogens is 3. The summed E-state index contributed by atoms with van der Waals surface area (Å²) in [7, 11) is 0. The number of carbonyl (C=O) groups excluding carboxylic acids is 1. The van der Waals surface area contributed by atoms with E-state index in [0.29, 0.717) is 25.6 Å². The molecule has 0 radical (unpaired) electrons. The maximum Gasteiger partial charge on any atom is 0.573 e. The van der Waals surface area contributed by atoms with Gasteiger partial charge in [-0.3, -0.25) is 0 Å². The van der Waals surface area contributed by atoms with Crippen LogP contribution in [-0.4, -0.2) is 38.9 Å². The Morgan fingerprint density at radius 2 is 1.60 bits per heavy atom. The molecule has 0 atom stereocenters. The molecule has 0 saturated carbocycles. The number of alkyl halides is 3. The van der Waals surface area contributed by atoms with Crippen molar-refractivity contribution in [2.75, 3.05) is 26.6 Å². The normalized spacial score (nSPS) is 15.2. The third kappa shape index (κ3) is 6.11. The van der Waals surface area contributed by atoms with E-state index >= 15 is 0 Å². The predicted molar refractivity (Wildman–Crippen MR) is 99.5 cm³/mol. The molecule has 0 aliphatic carbocycles. The van der Waals surface area contributed by atoms with Crippen LogP contribution >= 0.6 is 0 Å². The van der Waals surface area contributed by atoms with Crippen LogP contribution in [0.1, 0.15) is 23.7 Å². The third-order valence-corrected chi connectivity index (χ3v) is 4.64. The fourth-order valence-electron chi connectivity index (χ4n) is 2.71. The monoisotopic (exact) mass is 426 g/mol. The summed E-state index contributed by atoms with van der Waals surface area (Å²) >= 11 is 0. The average molecular weight is 426 g/mol. The maximum absolute atomic E-state index is 12.2. The standard InChI is InChI=1S/C21H21F3O6/c1-2-20(11-26-12-20)13-27-14-28-16-5-3-15(4-6-16)19(25)29-17-7-9-18(10-8-17)30-21(22,23)24/h3-10H,2,11-14H2,1H3. The highest BCUT2D eigenvalue weighted by molar-refractivity contribution is 5.91. The molecule has 0 bridgehead atoms. The van der Waals surface area contributed by atoms with Gasteiger partial charge in [0.1, 0.15) is 17.2 Å². The van der Waals surface area contributed by atoms with Crippen LogP contribution in [0.3, 0.4) is 0 Å². The Morgan fingerprint density at radius 1 is 1.00 bits per heavy atom. The molecule has 1 saturated heterocycles. The minimum absolute atomic E-state index is 0.0774. The molecule has 0 amide bonds. The molecule has 1 aliphatic rings. The van der Waals surface area contributed by atoms with Crippen molar-refractivity contribution < 1.29 is 41.7 Å². The Kier molecular flexibility index (Phi) is 6.84. The summed E-state index contributed by atoms with van der Waals surface area (Å²) in [6.45, 7) is 4.12. The molecule has 6 nitrogen and oxygen atoms in total. The first-order chi connectivity index (χ1) is 14.3. The molecule has 30 heavy (non-hydrogen) atoms. The lowest BCUT2D eigenvalue weighted by Crippen LogP contribution is -2.45. The van der Waals surface area contributed by atoms with E-state index in [1.165, 1.54) is 24.3 Å². The highest BCUT2D eigenvalue weighted by Crippen LogP contribution is 2.31. The van der Waals surface area contributed by atoms with Gasteiger partial charge >= 0.3 is 12.3 Å². The van der Waals surface area contributed by atoms with Gasteiger partial charge in [-0.25, -0.2) is 4.79 Å². The zero-order valence-electron chi connectivity index (χ0n) is 16.2. The Labute approximate surface area is 171 Å². The fourth-order valence-corrected chi connectivity index (χ4v) is 2.71. The average Bonchev–Trinajstić information content (AvgIpc) is 2.68. The van der Waals surface area contributed by atoms with Crippen molar-refractivity contribution in [1.82, 2.24) is 0 Å². The van der Waals surface area contributed by atoms with Gasteiger partial charge in [-0.05, 0) is 55.0 Å². The highest BCUT2D eigenvalue weighted by Gasteiger charge is 2.37. The van der Waals surface area contributed by atoms with E-state index in [9.17, 15) is 18.0 Å². The topological polar surface area (TPSA) is 63.2 Å². The van der Waals surface area contributed by atoms with Crippen LogP contribution in [0, 0.1) is 5.41 Å². The van der Waals surface area contributed by atoms with E-state index in [4.69, 9.17) is 18.9 Å². The van der Waals surface area contributed by atoms with Crippen molar-refractivity contribution in [3.05, 3.63) is 54.1 Å². The van der Waals surface area contributed by atoms with Gasteiger partial charge in [0.15, 0.2) is 6.79 Å². The van der Waals surface area contributed by atoms with Gasteiger partial charge in [0.2, 0.25) is 0 Å². The molecular weight excluding hydrogens is 405 g/mol. The summed E-state index contributed by atoms with van der Waals surface area (Å²) in [5, 5.41) is 0. The largest absolute Gasteiger partial charge is 0.573 e. The summed E-state index contributed by atoms with van der Waals surface area (Å²) < 4.78 is 61.7. The van der Waals surface area contributed by atoms with E-state index < -0.39 is 18.1 Å². The molecule has 162 valence electrons. The summed E-state index contributed by atoms with van der Waals surface area (Å²) in [6, 6.07) is 10.8. The number of hydrogen-bond donors (Lipinski definition) is 0. The van der Waals surface area contributed by atoms with Crippen molar-refractivity contribution in [2.24, 2.45) is 5.41 Å². The first kappa shape index (κ1) is 21.9. The van der Waals surface area contributed by atoms with Gasteiger partial charge in [0.25, 0.3) is 0 Å². The Bertz CT molecular complexity index is 824. The SMILES string of the molecule is CCC1(COCOc2ccc(C(=O)Oc3ccc(OC(F)(F)F)cc3)cc2)COC1. The van der Waals surface area contributed by atoms with Crippen LogP contribution in [0.25, 0.3) is 0 Å². The zero-order chi connectivity index (χ0) is 21.6. The van der Waals surface area contributed by atoms with Gasteiger partial charge < -0.3 is 23.7 Å². The molecule has 1 aliphatic heterocycles. The quantitative estimate of drug-likeness (QED) is 0.253. The molecule has 0 spiro atoms. The van der Waals surface area contributed by atoms with Gasteiger partial charge in [-0.1, -0.05) is 6.92 Å². The van der Waals surface area contributed by atoms with Crippen molar-refractivity contribution >= 4 is 5.97 Å². The van der Waals surface area contributed by atoms with Crippen LogP contribution in [0.2, 0.25) is 0 Å². The first-order valence-electron chi connectivity index (χ1n) is 9.25. The Morgan fingerprint density at radius 3 is 2.13 bits per heavy atom. The van der Waals surface area contributed by atoms with Gasteiger partial charge in [0.05, 0.1) is 25.4 Å². The van der Waals surface area contributed by atoms with Gasteiger partial charge in [-0.15, -0.1) is 13.2 Å². The fraction of sp³-hybridized carbons (Fsp3) is 0.381. The van der Waals surface area contributed by atoms with E-state index in [2.05, 4.69) is 11.7 Å². The van der Waals surface area contributed by atoms with E-state index in [0.717, 1.165) is 18.6 Å². The second-order valence-electron chi connectivity index (χ2n) is 6.89. The number of carbonyl (C=O) groups is 1. The molecule has 1 heterocycles. The number of esters is 1. The minimum Gasteiger partial charge on any atom is -0.468 e. The van der Waals surface area contributed by atoms with Crippen molar-refractivity contribution in [3.63, 3.8) is 0 Å². The second-order valence-corrected chi connectivity index (χ2v) is 6.89. The lowest BCUT2D eigenvalue weighted by Gasteiger charge is -2.40. The van der Waals surface area contributed by atoms with E-state index in [1.54, 1.807) is 12.1 Å². The summed E-state index contributed by atoms with van der Waals surface area (Å²) in [4.78, 5) is 12.2. The van der Waals surface area contributed by atoms with Crippen molar-refractivity contribution in [1.29, 1.82) is 0 Å². The van der Waals surface area contributed by atoms with E-state index in [1.807, 2.05) is 0 Å². The molecular formula is C21H21F3O6. The molecule has 2 aromatic carbocycles. The first-order valence-corrected chi connectivity index (χ1v) is 9.25. The van der Waals surface area contributed by atoms with Crippen molar-refractivity contribution in [3.8, 4) is 17.2 Å². The van der Waals surface area contributed by atoms with Crippen LogP contribution in [0.5, 0.6) is 17.2 Å². The highest BCUT2D eigenvalue weighted by atomic mass is 19.4. The molecule has 3 rings (SSSR count). The van der Waals surface area contributed by atoms with Gasteiger partial charge in [-0.2, -0.15) is 0 Å². The lowest BCUT2D eigenvalue weighted by molar-refractivity contribution is -0.274. The van der Waals surface area contributed by atoms with Crippen LogP contribution < -0.4 is 14.2 Å². The van der Waals surface area contributed by atoms with Gasteiger partial charge in [0, 0.05) is 5.41 Å². The molecule has 1 fully saturated rings. The second kappa shape index (κ2) is 9.36. The van der Waals surface area contributed by atoms with Crippen LogP contribution in [0.15, 0.2) is 48.5 Å².